The van der Waals surface area contributed by atoms with E-state index in [0.717, 1.165) is 30.1 Å². The topological polar surface area (TPSA) is 45.2 Å². The van der Waals surface area contributed by atoms with E-state index in [2.05, 4.69) is 29.0 Å². The molecule has 0 bridgehead atoms. The number of carbonyl (C=O) groups excluding carboxylic acids is 1. The molecular weight excluding hydrogens is 353 g/mol. The molecule has 0 radical (unpaired) electrons. The highest BCUT2D eigenvalue weighted by Gasteiger charge is 2.24. The van der Waals surface area contributed by atoms with Crippen molar-refractivity contribution in [3.8, 4) is 0 Å². The molecule has 1 aromatic heterocycles. The van der Waals surface area contributed by atoms with Crippen LogP contribution in [0.2, 0.25) is 0 Å². The highest BCUT2D eigenvalue weighted by molar-refractivity contribution is 5.84. The van der Waals surface area contributed by atoms with Crippen LogP contribution in [-0.4, -0.2) is 41.5 Å². The smallest absolute Gasteiger partial charge is 0.227 e. The van der Waals surface area contributed by atoms with Crippen LogP contribution < -0.4 is 5.32 Å². The summed E-state index contributed by atoms with van der Waals surface area (Å²) in [5.74, 6) is 0.115. The Hall–Kier alpha value is -2.27. The molecule has 1 aliphatic heterocycles. The number of rotatable bonds is 7. The minimum Gasteiger partial charge on any atom is -0.354 e. The van der Waals surface area contributed by atoms with Crippen LogP contribution in [0.25, 0.3) is 0 Å². The van der Waals surface area contributed by atoms with Gasteiger partial charge in [-0.2, -0.15) is 0 Å². The number of piperidine rings is 1. The molecule has 2 aromatic rings. The zero-order valence-electron chi connectivity index (χ0n) is 16.8. The Balaban J connectivity index is 1.65. The van der Waals surface area contributed by atoms with Gasteiger partial charge >= 0.3 is 0 Å². The van der Waals surface area contributed by atoms with Gasteiger partial charge in [-0.3, -0.25) is 14.7 Å². The van der Waals surface area contributed by atoms with Crippen LogP contribution in [0.3, 0.4) is 0 Å². The Bertz CT molecular complexity index is 742. The van der Waals surface area contributed by atoms with E-state index in [4.69, 9.17) is 0 Å². The van der Waals surface area contributed by atoms with Gasteiger partial charge in [0.2, 0.25) is 5.91 Å². The normalized spacial score (nSPS) is 17.8. The third kappa shape index (κ3) is 5.61. The molecule has 1 saturated heterocycles. The lowest BCUT2D eigenvalue weighted by Crippen LogP contribution is -2.46. The maximum Gasteiger partial charge on any atom is 0.227 e. The van der Waals surface area contributed by atoms with Crippen LogP contribution >= 0.6 is 0 Å². The number of halogens is 1. The molecular formula is C23H30FN3O. The summed E-state index contributed by atoms with van der Waals surface area (Å²) in [5, 5.41) is 3.13. The van der Waals surface area contributed by atoms with Gasteiger partial charge in [0.25, 0.3) is 0 Å². The largest absolute Gasteiger partial charge is 0.354 e. The monoisotopic (exact) mass is 383 g/mol. The standard InChI is InChI=1S/C23H30FN3O/c1-17-9-12-27(13-10-17)18(2)15-26-23(28)22(14-19-4-3-11-25-16-19)20-5-7-21(24)8-6-20/h3-8,11,16-18,22H,9-10,12-15H2,1-2H3,(H,26,28). The SMILES string of the molecule is CC1CCN(C(C)CNC(=O)C(Cc2cccnc2)c2ccc(F)cc2)CC1. The number of nitrogens with one attached hydrogen (secondary N) is 1. The first-order chi connectivity index (χ1) is 13.5. The number of aromatic nitrogens is 1. The fourth-order valence-corrected chi connectivity index (χ4v) is 3.78. The molecule has 2 unspecified atom stereocenters. The van der Waals surface area contributed by atoms with Crippen molar-refractivity contribution in [3.63, 3.8) is 0 Å². The van der Waals surface area contributed by atoms with Crippen LogP contribution in [-0.2, 0) is 11.2 Å². The average molecular weight is 384 g/mol. The van der Waals surface area contributed by atoms with Crippen molar-refractivity contribution in [1.29, 1.82) is 0 Å². The third-order valence-electron chi connectivity index (χ3n) is 5.76. The van der Waals surface area contributed by atoms with Crippen LogP contribution in [0.15, 0.2) is 48.8 Å². The van der Waals surface area contributed by atoms with Gasteiger partial charge in [0.1, 0.15) is 5.82 Å². The lowest BCUT2D eigenvalue weighted by atomic mass is 9.91. The molecule has 4 nitrogen and oxygen atoms in total. The van der Waals surface area contributed by atoms with E-state index in [1.807, 2.05) is 12.1 Å². The number of amides is 1. The fourth-order valence-electron chi connectivity index (χ4n) is 3.78. The van der Waals surface area contributed by atoms with Gasteiger partial charge in [-0.15, -0.1) is 0 Å². The highest BCUT2D eigenvalue weighted by Crippen LogP contribution is 2.22. The summed E-state index contributed by atoms with van der Waals surface area (Å²) < 4.78 is 13.3. The molecule has 2 heterocycles. The summed E-state index contributed by atoms with van der Waals surface area (Å²) in [7, 11) is 0. The highest BCUT2D eigenvalue weighted by atomic mass is 19.1. The Morgan fingerprint density at radius 3 is 2.61 bits per heavy atom. The Labute approximate surface area is 167 Å². The molecule has 1 N–H and O–H groups in total. The number of likely N-dealkylation sites (tertiary alicyclic amines) is 1. The summed E-state index contributed by atoms with van der Waals surface area (Å²) >= 11 is 0. The van der Waals surface area contributed by atoms with Gasteiger partial charge < -0.3 is 5.32 Å². The first kappa shape index (κ1) is 20.5. The van der Waals surface area contributed by atoms with Gasteiger partial charge in [-0.25, -0.2) is 4.39 Å². The lowest BCUT2D eigenvalue weighted by molar-refractivity contribution is -0.122. The first-order valence-corrected chi connectivity index (χ1v) is 10.2. The van der Waals surface area contributed by atoms with Gasteiger partial charge in [-0.1, -0.05) is 25.1 Å². The molecule has 0 aliphatic carbocycles. The molecule has 1 fully saturated rings. The van der Waals surface area contributed by atoms with Crippen molar-refractivity contribution in [1.82, 2.24) is 15.2 Å². The van der Waals surface area contributed by atoms with Crippen molar-refractivity contribution in [2.75, 3.05) is 19.6 Å². The van der Waals surface area contributed by atoms with Gasteiger partial charge in [0, 0.05) is 25.0 Å². The average Bonchev–Trinajstić information content (AvgIpc) is 2.72. The van der Waals surface area contributed by atoms with E-state index in [-0.39, 0.29) is 17.6 Å². The molecule has 5 heteroatoms. The third-order valence-corrected chi connectivity index (χ3v) is 5.76. The van der Waals surface area contributed by atoms with E-state index < -0.39 is 0 Å². The summed E-state index contributed by atoms with van der Waals surface area (Å²) in [5.41, 5.74) is 1.81. The van der Waals surface area contributed by atoms with E-state index in [1.165, 1.54) is 25.0 Å². The first-order valence-electron chi connectivity index (χ1n) is 10.2. The van der Waals surface area contributed by atoms with Crippen LogP contribution in [0.1, 0.15) is 43.7 Å². The maximum atomic E-state index is 13.3. The van der Waals surface area contributed by atoms with Crippen molar-refractivity contribution in [2.45, 2.75) is 45.1 Å². The quantitative estimate of drug-likeness (QED) is 0.791. The van der Waals surface area contributed by atoms with Gasteiger partial charge in [0.05, 0.1) is 5.92 Å². The second-order valence-electron chi connectivity index (χ2n) is 7.98. The van der Waals surface area contributed by atoms with Gasteiger partial charge in [-0.05, 0) is 74.5 Å². The predicted molar refractivity (Wildman–Crippen MR) is 110 cm³/mol. The summed E-state index contributed by atoms with van der Waals surface area (Å²) in [6.45, 7) is 7.28. The van der Waals surface area contributed by atoms with Crippen LogP contribution in [0, 0.1) is 11.7 Å². The number of hydrogen-bond acceptors (Lipinski definition) is 3. The van der Waals surface area contributed by atoms with E-state index in [0.29, 0.717) is 19.0 Å². The Morgan fingerprint density at radius 1 is 1.25 bits per heavy atom. The Kier molecular flexibility index (Phi) is 7.15. The van der Waals surface area contributed by atoms with Crippen molar-refractivity contribution < 1.29 is 9.18 Å². The van der Waals surface area contributed by atoms with Gasteiger partial charge in [0.15, 0.2) is 0 Å². The molecule has 1 aliphatic rings. The zero-order chi connectivity index (χ0) is 19.9. The lowest BCUT2D eigenvalue weighted by Gasteiger charge is -2.35. The summed E-state index contributed by atoms with van der Waals surface area (Å²) in [6, 6.07) is 10.4. The number of nitrogens with zero attached hydrogens (tertiary/aromatic N) is 2. The summed E-state index contributed by atoms with van der Waals surface area (Å²) in [6.07, 6.45) is 6.48. The molecule has 2 atom stereocenters. The van der Waals surface area contributed by atoms with E-state index in [9.17, 15) is 9.18 Å². The molecule has 0 saturated carbocycles. The number of carbonyl (C=O) groups is 1. The van der Waals surface area contributed by atoms with Crippen molar-refractivity contribution >= 4 is 5.91 Å². The van der Waals surface area contributed by atoms with Crippen molar-refractivity contribution in [2.24, 2.45) is 5.92 Å². The minimum absolute atomic E-state index is 0.0207. The second-order valence-corrected chi connectivity index (χ2v) is 7.98. The van der Waals surface area contributed by atoms with E-state index >= 15 is 0 Å². The van der Waals surface area contributed by atoms with Crippen molar-refractivity contribution in [3.05, 3.63) is 65.7 Å². The zero-order valence-corrected chi connectivity index (χ0v) is 16.8. The van der Waals surface area contributed by atoms with Crippen LogP contribution in [0.5, 0.6) is 0 Å². The molecule has 3 rings (SSSR count). The maximum absolute atomic E-state index is 13.3. The minimum atomic E-state index is -0.363. The second kappa shape index (κ2) is 9.78. The molecule has 1 amide bonds. The predicted octanol–water partition coefficient (Wildman–Crippen LogP) is 3.78. The van der Waals surface area contributed by atoms with Crippen LogP contribution in [0.4, 0.5) is 4.39 Å². The molecule has 1 aromatic carbocycles. The Morgan fingerprint density at radius 2 is 1.96 bits per heavy atom. The van der Waals surface area contributed by atoms with E-state index in [1.54, 1.807) is 24.5 Å². The molecule has 28 heavy (non-hydrogen) atoms. The molecule has 150 valence electrons. The molecule has 0 spiro atoms. The number of hydrogen-bond donors (Lipinski definition) is 1. The summed E-state index contributed by atoms with van der Waals surface area (Å²) in [4.78, 5) is 19.6. The number of pyridine rings is 1. The fraction of sp³-hybridized carbons (Fsp3) is 0.478. The number of benzene rings is 1.